The molecule has 2 heterocycles. The Kier molecular flexibility index (Phi) is 3.49. The number of benzene rings is 2. The first kappa shape index (κ1) is 14.2. The number of hydrogen-bond donors (Lipinski definition) is 0. The van der Waals surface area contributed by atoms with Crippen LogP contribution in [0.15, 0.2) is 48.7 Å². The summed E-state index contributed by atoms with van der Waals surface area (Å²) >= 11 is 0. The molecule has 116 valence electrons. The number of halogens is 1. The number of hydrogen-bond acceptors (Lipinski definition) is 1. The van der Waals surface area contributed by atoms with E-state index in [0.29, 0.717) is 5.56 Å². The van der Waals surface area contributed by atoms with Crippen LogP contribution in [0, 0.1) is 12.7 Å². The molecule has 0 saturated carbocycles. The average Bonchev–Trinajstić information content (AvgIpc) is 2.99. The minimum absolute atomic E-state index is 0.171. The van der Waals surface area contributed by atoms with E-state index < -0.39 is 0 Å². The molecule has 0 bridgehead atoms. The van der Waals surface area contributed by atoms with Gasteiger partial charge in [-0.1, -0.05) is 36.4 Å². The Balaban J connectivity index is 1.66. The summed E-state index contributed by atoms with van der Waals surface area (Å²) in [4.78, 5) is 4.74. The van der Waals surface area contributed by atoms with Crippen LogP contribution in [0.5, 0.6) is 0 Å². The van der Waals surface area contributed by atoms with Gasteiger partial charge in [0.15, 0.2) is 0 Å². The van der Waals surface area contributed by atoms with Crippen LogP contribution in [0.2, 0.25) is 0 Å². The normalized spacial score (nSPS) is 13.8. The van der Waals surface area contributed by atoms with Crippen molar-refractivity contribution in [3.63, 3.8) is 0 Å². The number of imidazole rings is 1. The summed E-state index contributed by atoms with van der Waals surface area (Å²) < 4.78 is 16.4. The molecule has 1 aliphatic rings. The molecule has 0 saturated heterocycles. The van der Waals surface area contributed by atoms with Crippen LogP contribution >= 0.6 is 0 Å². The number of rotatable bonds is 2. The molecule has 3 aromatic rings. The fourth-order valence-corrected chi connectivity index (χ4v) is 3.23. The SMILES string of the molecule is Cc1ccc(-c2ccc(-c3cn4c(n3)CCCC4)cc2)c(F)c1. The van der Waals surface area contributed by atoms with Crippen molar-refractivity contribution in [2.75, 3.05) is 0 Å². The van der Waals surface area contributed by atoms with Crippen LogP contribution < -0.4 is 0 Å². The lowest BCUT2D eigenvalue weighted by Crippen LogP contribution is -2.08. The predicted molar refractivity (Wildman–Crippen MR) is 90.7 cm³/mol. The monoisotopic (exact) mass is 306 g/mol. The lowest BCUT2D eigenvalue weighted by atomic mass is 10.0. The third-order valence-electron chi connectivity index (χ3n) is 4.52. The van der Waals surface area contributed by atoms with E-state index in [1.54, 1.807) is 6.07 Å². The molecule has 0 aliphatic carbocycles. The zero-order valence-corrected chi connectivity index (χ0v) is 13.2. The second kappa shape index (κ2) is 5.65. The summed E-state index contributed by atoms with van der Waals surface area (Å²) in [7, 11) is 0. The summed E-state index contributed by atoms with van der Waals surface area (Å²) in [5.41, 5.74) is 4.58. The molecule has 0 unspecified atom stereocenters. The van der Waals surface area contributed by atoms with Gasteiger partial charge in [-0.3, -0.25) is 0 Å². The van der Waals surface area contributed by atoms with Gasteiger partial charge < -0.3 is 4.57 Å². The van der Waals surface area contributed by atoms with E-state index in [1.165, 1.54) is 18.7 Å². The summed E-state index contributed by atoms with van der Waals surface area (Å²) in [6, 6.07) is 13.4. The highest BCUT2D eigenvalue weighted by Gasteiger charge is 2.13. The van der Waals surface area contributed by atoms with E-state index in [1.807, 2.05) is 43.3 Å². The van der Waals surface area contributed by atoms with Crippen LogP contribution in [-0.4, -0.2) is 9.55 Å². The smallest absolute Gasteiger partial charge is 0.131 e. The summed E-state index contributed by atoms with van der Waals surface area (Å²) in [5.74, 6) is 1.01. The molecule has 0 amide bonds. The van der Waals surface area contributed by atoms with E-state index in [2.05, 4.69) is 10.8 Å². The molecule has 0 atom stereocenters. The Hall–Kier alpha value is -2.42. The second-order valence-electron chi connectivity index (χ2n) is 6.25. The van der Waals surface area contributed by atoms with E-state index in [9.17, 15) is 4.39 Å². The lowest BCUT2D eigenvalue weighted by molar-refractivity contribution is 0.522. The van der Waals surface area contributed by atoms with Crippen molar-refractivity contribution in [1.82, 2.24) is 9.55 Å². The molecule has 3 heteroatoms. The minimum Gasteiger partial charge on any atom is -0.334 e. The Morgan fingerprint density at radius 1 is 1.00 bits per heavy atom. The average molecular weight is 306 g/mol. The van der Waals surface area contributed by atoms with Crippen molar-refractivity contribution in [2.24, 2.45) is 0 Å². The van der Waals surface area contributed by atoms with E-state index in [4.69, 9.17) is 4.98 Å². The van der Waals surface area contributed by atoms with Crippen molar-refractivity contribution in [3.05, 3.63) is 65.9 Å². The second-order valence-corrected chi connectivity index (χ2v) is 6.25. The zero-order valence-electron chi connectivity index (χ0n) is 13.2. The van der Waals surface area contributed by atoms with Crippen molar-refractivity contribution in [3.8, 4) is 22.4 Å². The van der Waals surface area contributed by atoms with Gasteiger partial charge >= 0.3 is 0 Å². The van der Waals surface area contributed by atoms with Crippen LogP contribution in [0.1, 0.15) is 24.2 Å². The zero-order chi connectivity index (χ0) is 15.8. The molecule has 2 aromatic carbocycles. The van der Waals surface area contributed by atoms with Crippen molar-refractivity contribution in [2.45, 2.75) is 32.7 Å². The first-order valence-corrected chi connectivity index (χ1v) is 8.14. The largest absolute Gasteiger partial charge is 0.334 e. The number of aryl methyl sites for hydroxylation is 3. The molecule has 2 nitrogen and oxygen atoms in total. The van der Waals surface area contributed by atoms with Gasteiger partial charge in [0.25, 0.3) is 0 Å². The molecule has 1 aromatic heterocycles. The quantitative estimate of drug-likeness (QED) is 0.651. The first-order valence-electron chi connectivity index (χ1n) is 8.14. The lowest BCUT2D eigenvalue weighted by Gasteiger charge is -2.11. The fourth-order valence-electron chi connectivity index (χ4n) is 3.23. The van der Waals surface area contributed by atoms with Gasteiger partial charge in [-0.25, -0.2) is 9.37 Å². The molecule has 0 N–H and O–H groups in total. The van der Waals surface area contributed by atoms with Crippen LogP contribution in [0.3, 0.4) is 0 Å². The Morgan fingerprint density at radius 2 is 1.78 bits per heavy atom. The molecule has 0 radical (unpaired) electrons. The van der Waals surface area contributed by atoms with E-state index in [-0.39, 0.29) is 5.82 Å². The minimum atomic E-state index is -0.171. The van der Waals surface area contributed by atoms with Gasteiger partial charge in [-0.15, -0.1) is 0 Å². The standard InChI is InChI=1S/C20H19FN2/c1-14-5-10-17(18(21)12-14)15-6-8-16(9-7-15)19-13-23-11-3-2-4-20(23)22-19/h5-10,12-13H,2-4,11H2,1H3. The Morgan fingerprint density at radius 3 is 2.52 bits per heavy atom. The number of nitrogens with zero attached hydrogens (tertiary/aromatic N) is 2. The van der Waals surface area contributed by atoms with Gasteiger partial charge in [-0.2, -0.15) is 0 Å². The van der Waals surface area contributed by atoms with Crippen LogP contribution in [0.4, 0.5) is 4.39 Å². The number of aromatic nitrogens is 2. The van der Waals surface area contributed by atoms with Crippen LogP contribution in [0.25, 0.3) is 22.4 Å². The highest BCUT2D eigenvalue weighted by atomic mass is 19.1. The first-order chi connectivity index (χ1) is 11.2. The van der Waals surface area contributed by atoms with E-state index >= 15 is 0 Å². The Labute approximate surface area is 135 Å². The highest BCUT2D eigenvalue weighted by Crippen LogP contribution is 2.27. The third kappa shape index (κ3) is 2.67. The molecular weight excluding hydrogens is 287 g/mol. The Bertz CT molecular complexity index is 823. The van der Waals surface area contributed by atoms with Crippen LogP contribution in [-0.2, 0) is 13.0 Å². The molecule has 0 spiro atoms. The molecule has 4 rings (SSSR count). The summed E-state index contributed by atoms with van der Waals surface area (Å²) in [5, 5.41) is 0. The van der Waals surface area contributed by atoms with Gasteiger partial charge in [0.2, 0.25) is 0 Å². The van der Waals surface area contributed by atoms with Crippen molar-refractivity contribution >= 4 is 0 Å². The molecule has 1 aliphatic heterocycles. The molecule has 23 heavy (non-hydrogen) atoms. The van der Waals surface area contributed by atoms with Gasteiger partial charge in [0.1, 0.15) is 11.6 Å². The fraction of sp³-hybridized carbons (Fsp3) is 0.250. The molecular formula is C20H19FN2. The summed E-state index contributed by atoms with van der Waals surface area (Å²) in [6.07, 6.45) is 5.65. The maximum absolute atomic E-state index is 14.1. The van der Waals surface area contributed by atoms with Crippen molar-refractivity contribution < 1.29 is 4.39 Å². The number of fused-ring (bicyclic) bond motifs is 1. The summed E-state index contributed by atoms with van der Waals surface area (Å²) in [6.45, 7) is 2.96. The maximum Gasteiger partial charge on any atom is 0.131 e. The topological polar surface area (TPSA) is 17.8 Å². The van der Waals surface area contributed by atoms with Gasteiger partial charge in [0, 0.05) is 30.3 Å². The van der Waals surface area contributed by atoms with E-state index in [0.717, 1.165) is 35.3 Å². The van der Waals surface area contributed by atoms with Crippen molar-refractivity contribution in [1.29, 1.82) is 0 Å². The van der Waals surface area contributed by atoms with Gasteiger partial charge in [0.05, 0.1) is 5.69 Å². The third-order valence-corrected chi connectivity index (χ3v) is 4.52. The molecule has 0 fully saturated rings. The van der Waals surface area contributed by atoms with Gasteiger partial charge in [-0.05, 0) is 37.0 Å². The highest BCUT2D eigenvalue weighted by molar-refractivity contribution is 5.69. The maximum atomic E-state index is 14.1. The predicted octanol–water partition coefficient (Wildman–Crippen LogP) is 5.00.